The number of carbonyl (C=O) groups is 2. The Hall–Kier alpha value is -1.52. The molecule has 60 valence electrons. The zero-order chi connectivity index (χ0) is 7.86. The van der Waals surface area contributed by atoms with Crippen molar-refractivity contribution in [3.8, 4) is 0 Å². The molecule has 0 saturated carbocycles. The lowest BCUT2D eigenvalue weighted by Gasteiger charge is -1.64. The molecule has 0 atom stereocenters. The predicted octanol–water partition coefficient (Wildman–Crippen LogP) is 0.516. The minimum Gasteiger partial charge on any atom is -0.478 e. The Labute approximate surface area is 58.8 Å². The van der Waals surface area contributed by atoms with Crippen molar-refractivity contribution in [1.82, 2.24) is 0 Å². The summed E-state index contributed by atoms with van der Waals surface area (Å²) in [4.78, 5) is 18.0. The Morgan fingerprint density at radius 2 is 1.50 bits per heavy atom. The number of carboxylic acid groups (broad SMARTS) is 2. The van der Waals surface area contributed by atoms with Crippen molar-refractivity contribution >= 4 is 12.1 Å². The van der Waals surface area contributed by atoms with Gasteiger partial charge in [0.05, 0.1) is 0 Å². The molecule has 0 aromatic rings. The van der Waals surface area contributed by atoms with Crippen LogP contribution in [0.5, 0.6) is 0 Å². The standard InChI is InChI=1S/C3H4O2.CH3NO2.CH4/c1-2-3(4)5;2-1(3)4;/h2H,1H2,(H,4,5);2H2,(H,3,4);1H4. The predicted molar refractivity (Wildman–Crippen MR) is 36.8 cm³/mol. The summed E-state index contributed by atoms with van der Waals surface area (Å²) in [5.74, 6) is -0.981. The second-order valence-corrected chi connectivity index (χ2v) is 0.881. The highest BCUT2D eigenvalue weighted by Gasteiger charge is 1.73. The van der Waals surface area contributed by atoms with Crippen molar-refractivity contribution in [1.29, 1.82) is 0 Å². The Morgan fingerprint density at radius 1 is 1.40 bits per heavy atom. The number of rotatable bonds is 1. The molecular formula is C5H11NO4. The van der Waals surface area contributed by atoms with Gasteiger partial charge in [-0.25, -0.2) is 9.59 Å². The molecule has 5 heteroatoms. The highest BCUT2D eigenvalue weighted by atomic mass is 16.4. The van der Waals surface area contributed by atoms with Crippen LogP contribution in [0.4, 0.5) is 4.79 Å². The molecular weight excluding hydrogens is 138 g/mol. The quantitative estimate of drug-likeness (QED) is 0.473. The molecule has 0 spiro atoms. The molecule has 0 saturated heterocycles. The van der Waals surface area contributed by atoms with Crippen molar-refractivity contribution in [2.45, 2.75) is 7.43 Å². The number of primary amides is 1. The van der Waals surface area contributed by atoms with E-state index in [1.807, 2.05) is 0 Å². The fourth-order valence-electron chi connectivity index (χ4n) is 0. The minimum atomic E-state index is -1.33. The molecule has 0 unspecified atom stereocenters. The normalized spacial score (nSPS) is 5.60. The second kappa shape index (κ2) is 10.5. The number of hydrogen-bond donors (Lipinski definition) is 3. The van der Waals surface area contributed by atoms with Crippen LogP contribution in [-0.2, 0) is 4.79 Å². The van der Waals surface area contributed by atoms with Crippen LogP contribution in [-0.4, -0.2) is 22.3 Å². The second-order valence-electron chi connectivity index (χ2n) is 0.881. The van der Waals surface area contributed by atoms with E-state index < -0.39 is 12.1 Å². The summed E-state index contributed by atoms with van der Waals surface area (Å²) in [6.45, 7) is 2.96. The average Bonchev–Trinajstić information content (AvgIpc) is 1.65. The lowest BCUT2D eigenvalue weighted by atomic mass is 10.7. The zero-order valence-electron chi connectivity index (χ0n) is 4.57. The van der Waals surface area contributed by atoms with Gasteiger partial charge >= 0.3 is 12.1 Å². The van der Waals surface area contributed by atoms with E-state index >= 15 is 0 Å². The van der Waals surface area contributed by atoms with Gasteiger partial charge in [-0.2, -0.15) is 0 Å². The van der Waals surface area contributed by atoms with E-state index in [0.29, 0.717) is 0 Å². The average molecular weight is 149 g/mol. The van der Waals surface area contributed by atoms with E-state index in [-0.39, 0.29) is 7.43 Å². The first kappa shape index (κ1) is 15.8. The summed E-state index contributed by atoms with van der Waals surface area (Å²) in [6.07, 6.45) is -0.500. The lowest BCUT2D eigenvalue weighted by molar-refractivity contribution is -0.131. The van der Waals surface area contributed by atoms with E-state index in [2.05, 4.69) is 12.3 Å². The first-order chi connectivity index (χ1) is 4.00. The molecule has 0 heterocycles. The summed E-state index contributed by atoms with van der Waals surface area (Å²) < 4.78 is 0. The molecule has 0 aromatic carbocycles. The molecule has 0 aliphatic carbocycles. The zero-order valence-corrected chi connectivity index (χ0v) is 4.57. The summed E-state index contributed by atoms with van der Waals surface area (Å²) in [6, 6.07) is 0. The van der Waals surface area contributed by atoms with Crippen LogP contribution in [0, 0.1) is 0 Å². The molecule has 0 bridgehead atoms. The monoisotopic (exact) mass is 149 g/mol. The summed E-state index contributed by atoms with van der Waals surface area (Å²) in [5.41, 5.74) is 4.03. The van der Waals surface area contributed by atoms with Crippen molar-refractivity contribution < 1.29 is 19.8 Å². The van der Waals surface area contributed by atoms with Gasteiger partial charge in [0.2, 0.25) is 0 Å². The van der Waals surface area contributed by atoms with Gasteiger partial charge in [0.1, 0.15) is 0 Å². The fraction of sp³-hybridized carbons (Fsp3) is 0.200. The minimum absolute atomic E-state index is 0. The maximum absolute atomic E-state index is 9.25. The first-order valence-electron chi connectivity index (χ1n) is 1.84. The Morgan fingerprint density at radius 3 is 1.50 bits per heavy atom. The van der Waals surface area contributed by atoms with Gasteiger partial charge in [-0.3, -0.25) is 0 Å². The van der Waals surface area contributed by atoms with E-state index in [1.165, 1.54) is 0 Å². The smallest absolute Gasteiger partial charge is 0.402 e. The van der Waals surface area contributed by atoms with Crippen molar-refractivity contribution in [2.75, 3.05) is 0 Å². The van der Waals surface area contributed by atoms with Crippen LogP contribution in [0.25, 0.3) is 0 Å². The molecule has 1 amide bonds. The maximum atomic E-state index is 9.25. The van der Waals surface area contributed by atoms with Gasteiger partial charge in [-0.05, 0) is 0 Å². The Balaban J connectivity index is -0.0000000910. The summed E-state index contributed by atoms with van der Waals surface area (Å²) >= 11 is 0. The number of hydrogen-bond acceptors (Lipinski definition) is 2. The van der Waals surface area contributed by atoms with Gasteiger partial charge in [-0.15, -0.1) is 0 Å². The van der Waals surface area contributed by atoms with Crippen molar-refractivity contribution in [2.24, 2.45) is 5.73 Å². The third-order valence-corrected chi connectivity index (χ3v) is 0.175. The number of amides is 1. The van der Waals surface area contributed by atoms with Gasteiger partial charge in [0.15, 0.2) is 0 Å². The SMILES string of the molecule is C.C=CC(=O)O.NC(=O)O. The van der Waals surface area contributed by atoms with Crippen LogP contribution in [0.2, 0.25) is 0 Å². The molecule has 0 fully saturated rings. The van der Waals surface area contributed by atoms with E-state index in [1.54, 1.807) is 0 Å². The van der Waals surface area contributed by atoms with Gasteiger partial charge in [-0.1, -0.05) is 14.0 Å². The fourth-order valence-corrected chi connectivity index (χ4v) is 0. The lowest BCUT2D eigenvalue weighted by Crippen LogP contribution is -2.03. The van der Waals surface area contributed by atoms with Gasteiger partial charge < -0.3 is 15.9 Å². The maximum Gasteiger partial charge on any atom is 0.402 e. The molecule has 0 aliphatic rings. The van der Waals surface area contributed by atoms with Crippen LogP contribution in [0.15, 0.2) is 12.7 Å². The molecule has 10 heavy (non-hydrogen) atoms. The third-order valence-electron chi connectivity index (χ3n) is 0.175. The number of nitrogens with two attached hydrogens (primary N) is 1. The highest BCUT2D eigenvalue weighted by molar-refractivity contribution is 5.78. The van der Waals surface area contributed by atoms with Crippen LogP contribution in [0.3, 0.4) is 0 Å². The third kappa shape index (κ3) is 845. The highest BCUT2D eigenvalue weighted by Crippen LogP contribution is 1.54. The number of carboxylic acids is 1. The van der Waals surface area contributed by atoms with Crippen LogP contribution >= 0.6 is 0 Å². The van der Waals surface area contributed by atoms with E-state index in [9.17, 15) is 4.79 Å². The molecule has 0 aromatic heterocycles. The summed E-state index contributed by atoms with van der Waals surface area (Å²) in [5, 5.41) is 14.8. The van der Waals surface area contributed by atoms with Crippen LogP contribution in [0.1, 0.15) is 7.43 Å². The Bertz CT molecular complexity index is 117. The molecule has 0 rings (SSSR count). The topological polar surface area (TPSA) is 101 Å². The van der Waals surface area contributed by atoms with Crippen molar-refractivity contribution in [3.63, 3.8) is 0 Å². The number of aliphatic carboxylic acids is 1. The molecule has 0 radical (unpaired) electrons. The molecule has 4 N–H and O–H groups in total. The largest absolute Gasteiger partial charge is 0.478 e. The van der Waals surface area contributed by atoms with Gasteiger partial charge in [0, 0.05) is 6.08 Å². The first-order valence-corrected chi connectivity index (χ1v) is 1.84. The summed E-state index contributed by atoms with van der Waals surface area (Å²) in [7, 11) is 0. The molecule has 5 nitrogen and oxygen atoms in total. The van der Waals surface area contributed by atoms with E-state index in [4.69, 9.17) is 15.0 Å². The van der Waals surface area contributed by atoms with Gasteiger partial charge in [0.25, 0.3) is 0 Å². The Kier molecular flexibility index (Phi) is 16.5. The van der Waals surface area contributed by atoms with E-state index in [0.717, 1.165) is 6.08 Å². The molecule has 0 aliphatic heterocycles. The van der Waals surface area contributed by atoms with Crippen molar-refractivity contribution in [3.05, 3.63) is 12.7 Å². The van der Waals surface area contributed by atoms with Crippen LogP contribution < -0.4 is 5.73 Å².